The normalized spacial score (nSPS) is 58.6. The zero-order valence-electron chi connectivity index (χ0n) is 7.39. The van der Waals surface area contributed by atoms with Crippen molar-refractivity contribution in [3.63, 3.8) is 0 Å². The lowest BCUT2D eigenvalue weighted by Gasteiger charge is -2.15. The van der Waals surface area contributed by atoms with Crippen LogP contribution in [-0.2, 0) is 4.74 Å². The zero-order valence-corrected chi connectivity index (χ0v) is 7.39. The number of fused-ring (bicyclic) bond motifs is 2. The maximum atomic E-state index is 5.59. The maximum Gasteiger partial charge on any atom is 0.0950 e. The number of rotatable bonds is 1. The Bertz CT molecular complexity index is 205. The quantitative estimate of drug-likeness (QED) is 0.525. The Labute approximate surface area is 68.1 Å². The summed E-state index contributed by atoms with van der Waals surface area (Å²) < 4.78 is 5.59. The Morgan fingerprint density at radius 3 is 2.36 bits per heavy atom. The minimum absolute atomic E-state index is 0.421. The summed E-state index contributed by atoms with van der Waals surface area (Å²) in [5.41, 5.74) is 1.15. The molecule has 3 aliphatic rings. The molecule has 1 unspecified atom stereocenters. The molecule has 1 saturated heterocycles. The summed E-state index contributed by atoms with van der Waals surface area (Å²) in [6.07, 6.45) is 4.26. The smallest absolute Gasteiger partial charge is 0.0950 e. The van der Waals surface area contributed by atoms with Crippen molar-refractivity contribution >= 4 is 0 Å². The first-order chi connectivity index (χ1) is 5.20. The highest BCUT2D eigenvalue weighted by Gasteiger charge is 2.74. The van der Waals surface area contributed by atoms with Gasteiger partial charge < -0.3 is 4.74 Å². The summed E-state index contributed by atoms with van der Waals surface area (Å²) in [6.45, 7) is 5.83. The van der Waals surface area contributed by atoms with Crippen molar-refractivity contribution < 1.29 is 4.74 Å². The van der Waals surface area contributed by atoms with E-state index in [-0.39, 0.29) is 0 Å². The summed E-state index contributed by atoms with van der Waals surface area (Å²) in [5, 5.41) is 0. The second kappa shape index (κ2) is 1.52. The molecule has 0 radical (unpaired) electrons. The van der Waals surface area contributed by atoms with Crippen molar-refractivity contribution in [1.29, 1.82) is 0 Å². The van der Waals surface area contributed by atoms with Crippen LogP contribution in [0.3, 0.4) is 0 Å². The number of ether oxygens (including phenoxy) is 1. The van der Waals surface area contributed by atoms with Crippen LogP contribution in [0.4, 0.5) is 0 Å². The van der Waals surface area contributed by atoms with Gasteiger partial charge in [0.15, 0.2) is 0 Å². The molecule has 0 aromatic rings. The van der Waals surface area contributed by atoms with Gasteiger partial charge >= 0.3 is 0 Å². The molecule has 1 aliphatic heterocycles. The SMILES string of the molecule is CC(C)[C@]12CCC3(CO3)[C@@H]1C2. The number of hydrogen-bond donors (Lipinski definition) is 0. The molecule has 3 atom stereocenters. The second-order valence-electron chi connectivity index (χ2n) is 5.00. The fraction of sp³-hybridized carbons (Fsp3) is 1.00. The van der Waals surface area contributed by atoms with Crippen LogP contribution in [0.5, 0.6) is 0 Å². The van der Waals surface area contributed by atoms with E-state index in [0.29, 0.717) is 5.60 Å². The largest absolute Gasteiger partial charge is 0.369 e. The van der Waals surface area contributed by atoms with E-state index in [1.54, 1.807) is 0 Å². The van der Waals surface area contributed by atoms with Crippen molar-refractivity contribution in [3.8, 4) is 0 Å². The monoisotopic (exact) mass is 152 g/mol. The van der Waals surface area contributed by atoms with Gasteiger partial charge in [-0.25, -0.2) is 0 Å². The lowest BCUT2D eigenvalue weighted by molar-refractivity contribution is 0.276. The molecule has 0 aromatic carbocycles. The first-order valence-corrected chi connectivity index (χ1v) is 4.84. The minimum atomic E-state index is 0.421. The van der Waals surface area contributed by atoms with Gasteiger partial charge in [-0.05, 0) is 36.5 Å². The maximum absolute atomic E-state index is 5.59. The summed E-state index contributed by atoms with van der Waals surface area (Å²) >= 11 is 0. The first kappa shape index (κ1) is 6.47. The zero-order chi connectivity index (χ0) is 7.69. The summed E-state index contributed by atoms with van der Waals surface area (Å²) in [6, 6.07) is 0. The summed E-state index contributed by atoms with van der Waals surface area (Å²) in [5.74, 6) is 1.84. The molecule has 1 heterocycles. The Morgan fingerprint density at radius 2 is 2.09 bits per heavy atom. The van der Waals surface area contributed by atoms with Crippen LogP contribution in [0.15, 0.2) is 0 Å². The van der Waals surface area contributed by atoms with E-state index in [1.807, 2.05) is 0 Å². The van der Waals surface area contributed by atoms with Crippen LogP contribution in [0.1, 0.15) is 33.1 Å². The Hall–Kier alpha value is -0.0400. The minimum Gasteiger partial charge on any atom is -0.369 e. The fourth-order valence-electron chi connectivity index (χ4n) is 3.29. The predicted octanol–water partition coefficient (Wildman–Crippen LogP) is 2.21. The highest BCUT2D eigenvalue weighted by atomic mass is 16.6. The molecule has 62 valence electrons. The molecular weight excluding hydrogens is 136 g/mol. The van der Waals surface area contributed by atoms with E-state index >= 15 is 0 Å². The molecule has 3 fully saturated rings. The molecule has 0 aromatic heterocycles. The highest BCUT2D eigenvalue weighted by Crippen LogP contribution is 2.75. The first-order valence-electron chi connectivity index (χ1n) is 4.84. The highest BCUT2D eigenvalue weighted by molar-refractivity contribution is 5.22. The van der Waals surface area contributed by atoms with Crippen molar-refractivity contribution in [2.24, 2.45) is 17.3 Å². The molecule has 2 aliphatic carbocycles. The van der Waals surface area contributed by atoms with Gasteiger partial charge in [-0.2, -0.15) is 0 Å². The standard InChI is InChI=1S/C10H16O/c1-7(2)9-3-4-10(6-11-10)8(9)5-9/h7-8H,3-6H2,1-2H3/t8-,9-,10?/m1/s1. The molecule has 0 amide bonds. The lowest BCUT2D eigenvalue weighted by Crippen LogP contribution is -2.11. The van der Waals surface area contributed by atoms with E-state index in [9.17, 15) is 0 Å². The van der Waals surface area contributed by atoms with Gasteiger partial charge in [0.2, 0.25) is 0 Å². The Balaban J connectivity index is 1.88. The van der Waals surface area contributed by atoms with E-state index in [4.69, 9.17) is 4.74 Å². The van der Waals surface area contributed by atoms with Gasteiger partial charge in [-0.3, -0.25) is 0 Å². The third-order valence-corrected chi connectivity index (χ3v) is 4.43. The Morgan fingerprint density at radius 1 is 1.36 bits per heavy atom. The molecule has 1 spiro atoms. The van der Waals surface area contributed by atoms with Crippen LogP contribution < -0.4 is 0 Å². The van der Waals surface area contributed by atoms with Gasteiger partial charge in [0.1, 0.15) is 0 Å². The van der Waals surface area contributed by atoms with Gasteiger partial charge in [0, 0.05) is 0 Å². The van der Waals surface area contributed by atoms with E-state index < -0.39 is 0 Å². The van der Waals surface area contributed by atoms with E-state index in [2.05, 4.69) is 13.8 Å². The molecule has 0 bridgehead atoms. The molecular formula is C10H16O. The fourth-order valence-corrected chi connectivity index (χ4v) is 3.29. The van der Waals surface area contributed by atoms with Gasteiger partial charge in [0.25, 0.3) is 0 Å². The van der Waals surface area contributed by atoms with Crippen LogP contribution in [0, 0.1) is 17.3 Å². The predicted molar refractivity (Wildman–Crippen MR) is 43.3 cm³/mol. The van der Waals surface area contributed by atoms with Crippen molar-refractivity contribution in [3.05, 3.63) is 0 Å². The topological polar surface area (TPSA) is 12.5 Å². The van der Waals surface area contributed by atoms with Gasteiger partial charge in [-0.1, -0.05) is 13.8 Å². The van der Waals surface area contributed by atoms with Crippen LogP contribution >= 0.6 is 0 Å². The number of hydrogen-bond acceptors (Lipinski definition) is 1. The van der Waals surface area contributed by atoms with E-state index in [0.717, 1.165) is 23.9 Å². The van der Waals surface area contributed by atoms with Crippen LogP contribution in [0.2, 0.25) is 0 Å². The molecule has 2 saturated carbocycles. The molecule has 1 nitrogen and oxygen atoms in total. The van der Waals surface area contributed by atoms with Gasteiger partial charge in [0.05, 0.1) is 12.2 Å². The van der Waals surface area contributed by atoms with Crippen molar-refractivity contribution in [1.82, 2.24) is 0 Å². The summed E-state index contributed by atoms with van der Waals surface area (Å²) in [4.78, 5) is 0. The lowest BCUT2D eigenvalue weighted by atomic mass is 9.90. The molecule has 0 N–H and O–H groups in total. The van der Waals surface area contributed by atoms with Crippen molar-refractivity contribution in [2.45, 2.75) is 38.7 Å². The third kappa shape index (κ3) is 0.581. The van der Waals surface area contributed by atoms with Gasteiger partial charge in [-0.15, -0.1) is 0 Å². The average molecular weight is 152 g/mol. The van der Waals surface area contributed by atoms with Crippen LogP contribution in [0.25, 0.3) is 0 Å². The second-order valence-corrected chi connectivity index (χ2v) is 5.00. The van der Waals surface area contributed by atoms with Crippen molar-refractivity contribution in [2.75, 3.05) is 6.61 Å². The number of epoxide rings is 1. The average Bonchev–Trinajstić information content (AvgIpc) is 2.71. The molecule has 1 heteroatoms. The van der Waals surface area contributed by atoms with E-state index in [1.165, 1.54) is 19.3 Å². The van der Waals surface area contributed by atoms with Crippen LogP contribution in [-0.4, -0.2) is 12.2 Å². The molecule has 3 rings (SSSR count). The molecule has 11 heavy (non-hydrogen) atoms. The summed E-state index contributed by atoms with van der Waals surface area (Å²) in [7, 11) is 0. The third-order valence-electron chi connectivity index (χ3n) is 4.43. The Kier molecular flexibility index (Phi) is 0.893.